The van der Waals surface area contributed by atoms with Gasteiger partial charge in [0, 0.05) is 12.0 Å². The van der Waals surface area contributed by atoms with Gasteiger partial charge in [0.1, 0.15) is 5.60 Å². The summed E-state index contributed by atoms with van der Waals surface area (Å²) in [6.07, 6.45) is 0.569. The van der Waals surface area contributed by atoms with Gasteiger partial charge in [-0.2, -0.15) is 0 Å². The van der Waals surface area contributed by atoms with Gasteiger partial charge in [-0.3, -0.25) is 9.59 Å². The van der Waals surface area contributed by atoms with Gasteiger partial charge in [-0.1, -0.05) is 43.9 Å². The first-order chi connectivity index (χ1) is 11.6. The molecule has 1 rings (SSSR count). The summed E-state index contributed by atoms with van der Waals surface area (Å²) in [6.45, 7) is 9.21. The van der Waals surface area contributed by atoms with Gasteiger partial charge >= 0.3 is 11.9 Å². The van der Waals surface area contributed by atoms with E-state index in [-0.39, 0.29) is 12.3 Å². The lowest BCUT2D eigenvalue weighted by Gasteiger charge is -2.27. The summed E-state index contributed by atoms with van der Waals surface area (Å²) in [5, 5.41) is 9.60. The number of aliphatic carboxylic acids is 1. The topological polar surface area (TPSA) is 63.6 Å². The highest BCUT2D eigenvalue weighted by atomic mass is 16.6. The maximum atomic E-state index is 12.6. The zero-order valence-electron chi connectivity index (χ0n) is 15.7. The Balaban J connectivity index is 3.03. The Labute approximate surface area is 150 Å². The molecule has 4 heteroatoms. The van der Waals surface area contributed by atoms with E-state index in [0.717, 1.165) is 5.56 Å². The van der Waals surface area contributed by atoms with Crippen molar-refractivity contribution < 1.29 is 19.4 Å². The molecule has 0 saturated heterocycles. The highest BCUT2D eigenvalue weighted by molar-refractivity contribution is 5.81. The Hall–Kier alpha value is -2.28. The molecule has 0 aliphatic rings. The van der Waals surface area contributed by atoms with Crippen LogP contribution in [-0.2, 0) is 14.3 Å². The lowest BCUT2D eigenvalue weighted by atomic mass is 9.83. The van der Waals surface area contributed by atoms with Gasteiger partial charge in [0.25, 0.3) is 0 Å². The summed E-state index contributed by atoms with van der Waals surface area (Å²) in [4.78, 5) is 24.3. The molecular weight excluding hydrogens is 316 g/mol. The highest BCUT2D eigenvalue weighted by Gasteiger charge is 2.36. The second kappa shape index (κ2) is 9.27. The van der Waals surface area contributed by atoms with Crippen LogP contribution in [0, 0.1) is 29.6 Å². The number of carboxylic acid groups (broad SMARTS) is 1. The monoisotopic (exact) mass is 344 g/mol. The molecule has 0 saturated carbocycles. The van der Waals surface area contributed by atoms with Crippen LogP contribution < -0.4 is 0 Å². The van der Waals surface area contributed by atoms with E-state index in [1.54, 1.807) is 20.8 Å². The lowest BCUT2D eigenvalue weighted by Crippen LogP contribution is -2.36. The van der Waals surface area contributed by atoms with Crippen LogP contribution in [0.2, 0.25) is 0 Å². The summed E-state index contributed by atoms with van der Waals surface area (Å²) in [6, 6.07) is 9.41. The summed E-state index contributed by atoms with van der Waals surface area (Å²) in [5.74, 6) is 3.05. The number of rotatable bonds is 6. The lowest BCUT2D eigenvalue weighted by molar-refractivity contribution is -0.166. The van der Waals surface area contributed by atoms with Gasteiger partial charge < -0.3 is 9.84 Å². The van der Waals surface area contributed by atoms with E-state index in [1.165, 1.54) is 0 Å². The average Bonchev–Trinajstić information content (AvgIpc) is 2.48. The van der Waals surface area contributed by atoms with Crippen molar-refractivity contribution in [3.63, 3.8) is 0 Å². The molecule has 1 N–H and O–H groups in total. The van der Waals surface area contributed by atoms with Gasteiger partial charge in [0.15, 0.2) is 0 Å². The SMILES string of the molecule is CC(C)C[C@@H](C(=O)O)[C@H](CC#Cc1ccccc1)C(=O)OC(C)(C)C. The maximum absolute atomic E-state index is 12.6. The number of carboxylic acids is 1. The molecule has 0 amide bonds. The molecule has 0 radical (unpaired) electrons. The molecule has 136 valence electrons. The van der Waals surface area contributed by atoms with Crippen LogP contribution in [0.1, 0.15) is 53.0 Å². The second-order valence-electron chi connectivity index (χ2n) is 7.59. The molecule has 0 unspecified atom stereocenters. The van der Waals surface area contributed by atoms with Crippen molar-refractivity contribution >= 4 is 11.9 Å². The van der Waals surface area contributed by atoms with Gasteiger partial charge in [-0.25, -0.2) is 0 Å². The minimum atomic E-state index is -0.980. The molecule has 0 aliphatic heterocycles. The quantitative estimate of drug-likeness (QED) is 0.622. The molecule has 4 nitrogen and oxygen atoms in total. The highest BCUT2D eigenvalue weighted by Crippen LogP contribution is 2.27. The zero-order valence-corrected chi connectivity index (χ0v) is 15.7. The van der Waals surface area contributed by atoms with Crippen molar-refractivity contribution in [2.45, 2.75) is 53.1 Å². The first kappa shape index (κ1) is 20.8. The van der Waals surface area contributed by atoms with E-state index in [2.05, 4.69) is 11.8 Å². The molecule has 0 aliphatic carbocycles. The van der Waals surface area contributed by atoms with Crippen molar-refractivity contribution in [2.24, 2.45) is 17.8 Å². The number of hydrogen-bond acceptors (Lipinski definition) is 3. The third-order valence-electron chi connectivity index (χ3n) is 3.57. The average molecular weight is 344 g/mol. The van der Waals surface area contributed by atoms with Gasteiger partial charge in [-0.15, -0.1) is 0 Å². The van der Waals surface area contributed by atoms with E-state index in [9.17, 15) is 14.7 Å². The zero-order chi connectivity index (χ0) is 19.0. The molecule has 1 aromatic carbocycles. The fourth-order valence-corrected chi connectivity index (χ4v) is 2.50. The first-order valence-corrected chi connectivity index (χ1v) is 8.59. The van der Waals surface area contributed by atoms with Crippen molar-refractivity contribution in [1.82, 2.24) is 0 Å². The molecule has 25 heavy (non-hydrogen) atoms. The predicted octanol–water partition coefficient (Wildman–Crippen LogP) is 4.13. The molecular formula is C21H28O4. The van der Waals surface area contributed by atoms with Crippen molar-refractivity contribution in [3.05, 3.63) is 35.9 Å². The van der Waals surface area contributed by atoms with E-state index in [0.29, 0.717) is 6.42 Å². The molecule has 0 spiro atoms. The minimum absolute atomic E-state index is 0.160. The van der Waals surface area contributed by atoms with Crippen molar-refractivity contribution in [1.29, 1.82) is 0 Å². The Kier molecular flexibility index (Phi) is 7.70. The molecule has 0 aromatic heterocycles. The Bertz CT molecular complexity index is 629. The standard InChI is InChI=1S/C21H28O4/c1-15(2)14-18(19(22)23)17(20(24)25-21(3,4)5)13-9-12-16-10-7-6-8-11-16/h6-8,10-11,15,17-18H,13-14H2,1-5H3,(H,22,23)/t17-,18+/m0/s1. The fraction of sp³-hybridized carbons (Fsp3) is 0.524. The Morgan fingerprint density at radius 2 is 1.72 bits per heavy atom. The van der Waals surface area contributed by atoms with Crippen LogP contribution >= 0.6 is 0 Å². The number of carbonyl (C=O) groups excluding carboxylic acids is 1. The summed E-state index contributed by atoms with van der Waals surface area (Å²) in [7, 11) is 0. The largest absolute Gasteiger partial charge is 0.481 e. The Morgan fingerprint density at radius 1 is 1.12 bits per heavy atom. The van der Waals surface area contributed by atoms with Crippen LogP contribution in [0.5, 0.6) is 0 Å². The van der Waals surface area contributed by atoms with Gasteiger partial charge in [-0.05, 0) is 45.2 Å². The van der Waals surface area contributed by atoms with Crippen LogP contribution in [0.15, 0.2) is 30.3 Å². The van der Waals surface area contributed by atoms with E-state index in [1.807, 2.05) is 44.2 Å². The van der Waals surface area contributed by atoms with E-state index in [4.69, 9.17) is 4.74 Å². The van der Waals surface area contributed by atoms with Crippen LogP contribution in [-0.4, -0.2) is 22.6 Å². The van der Waals surface area contributed by atoms with Crippen molar-refractivity contribution in [3.8, 4) is 11.8 Å². The van der Waals surface area contributed by atoms with E-state index >= 15 is 0 Å². The maximum Gasteiger partial charge on any atom is 0.311 e. The third-order valence-corrected chi connectivity index (χ3v) is 3.57. The summed E-state index contributed by atoms with van der Waals surface area (Å²) in [5.41, 5.74) is 0.171. The Morgan fingerprint density at radius 3 is 2.20 bits per heavy atom. The fourth-order valence-electron chi connectivity index (χ4n) is 2.50. The molecule has 0 fully saturated rings. The van der Waals surface area contributed by atoms with Crippen molar-refractivity contribution in [2.75, 3.05) is 0 Å². The molecule has 2 atom stereocenters. The van der Waals surface area contributed by atoms with Crippen LogP contribution in [0.25, 0.3) is 0 Å². The normalized spacial score (nSPS) is 13.5. The molecule has 0 heterocycles. The first-order valence-electron chi connectivity index (χ1n) is 8.59. The third kappa shape index (κ3) is 7.89. The number of benzene rings is 1. The number of ether oxygens (including phenoxy) is 1. The van der Waals surface area contributed by atoms with Crippen LogP contribution in [0.4, 0.5) is 0 Å². The second-order valence-corrected chi connectivity index (χ2v) is 7.59. The summed E-state index contributed by atoms with van der Waals surface area (Å²) >= 11 is 0. The van der Waals surface area contributed by atoms with E-state index < -0.39 is 29.4 Å². The van der Waals surface area contributed by atoms with Crippen LogP contribution in [0.3, 0.4) is 0 Å². The number of carbonyl (C=O) groups is 2. The molecule has 1 aromatic rings. The van der Waals surface area contributed by atoms with Gasteiger partial charge in [0.05, 0.1) is 11.8 Å². The molecule has 0 bridgehead atoms. The van der Waals surface area contributed by atoms with Gasteiger partial charge in [0.2, 0.25) is 0 Å². The predicted molar refractivity (Wildman–Crippen MR) is 97.9 cm³/mol. The summed E-state index contributed by atoms with van der Waals surface area (Å²) < 4.78 is 5.45. The number of hydrogen-bond donors (Lipinski definition) is 1. The smallest absolute Gasteiger partial charge is 0.311 e. The number of esters is 1. The minimum Gasteiger partial charge on any atom is -0.481 e.